The van der Waals surface area contributed by atoms with E-state index in [1.807, 2.05) is 19.4 Å². The van der Waals surface area contributed by atoms with Gasteiger partial charge in [0.15, 0.2) is 6.10 Å². The fraction of sp³-hybridized carbons (Fsp3) is 0.474. The summed E-state index contributed by atoms with van der Waals surface area (Å²) in [5, 5.41) is 8.25. The maximum atomic E-state index is 12.2. The summed E-state index contributed by atoms with van der Waals surface area (Å²) in [5.74, 6) is 0. The number of nitrogens with zero attached hydrogens (tertiary/aromatic N) is 6. The second-order valence-corrected chi connectivity index (χ2v) is 7.33. The van der Waals surface area contributed by atoms with Gasteiger partial charge in [-0.05, 0) is 17.7 Å². The smallest absolute Gasteiger partial charge is 0.410 e. The standard InChI is InChI=1S/C19H22N6O3/c1-23-10-17(21-22-23)13-8-15-16(9-13)20-3-2-18(15)24-4-6-25(7-5-24)19(26)28-14-11-27-12-14/h2-3,8,10,14H,4-7,9,11-12H2,1H3. The highest BCUT2D eigenvalue weighted by Gasteiger charge is 2.29. The van der Waals surface area contributed by atoms with Crippen molar-refractivity contribution in [3.05, 3.63) is 35.4 Å². The van der Waals surface area contributed by atoms with Crippen LogP contribution in [0.5, 0.6) is 0 Å². The number of fused-ring (bicyclic) bond motifs is 1. The minimum Gasteiger partial charge on any atom is -0.441 e. The Morgan fingerprint density at radius 2 is 2.07 bits per heavy atom. The lowest BCUT2D eigenvalue weighted by Gasteiger charge is -2.37. The highest BCUT2D eigenvalue weighted by Crippen LogP contribution is 2.35. The van der Waals surface area contributed by atoms with E-state index < -0.39 is 0 Å². The Balaban J connectivity index is 1.29. The third kappa shape index (κ3) is 3.11. The van der Waals surface area contributed by atoms with Gasteiger partial charge in [0.05, 0.1) is 25.1 Å². The van der Waals surface area contributed by atoms with Gasteiger partial charge in [0.1, 0.15) is 5.69 Å². The van der Waals surface area contributed by atoms with Crippen LogP contribution < -0.4 is 4.90 Å². The summed E-state index contributed by atoms with van der Waals surface area (Å²) >= 11 is 0. The number of rotatable bonds is 3. The Bertz CT molecular complexity index is 928. The molecule has 2 aromatic heterocycles. The molecule has 0 N–H and O–H groups in total. The molecule has 9 nitrogen and oxygen atoms in total. The Morgan fingerprint density at radius 1 is 1.25 bits per heavy atom. The molecule has 0 atom stereocenters. The molecule has 2 aromatic rings. The Morgan fingerprint density at radius 3 is 2.75 bits per heavy atom. The topological polar surface area (TPSA) is 85.6 Å². The van der Waals surface area contributed by atoms with E-state index >= 15 is 0 Å². The van der Waals surface area contributed by atoms with E-state index in [1.165, 1.54) is 0 Å². The van der Waals surface area contributed by atoms with Crippen molar-refractivity contribution in [2.24, 2.45) is 7.05 Å². The number of hydrogen-bond donors (Lipinski definition) is 0. The third-order valence-electron chi connectivity index (χ3n) is 5.41. The average Bonchev–Trinajstić information content (AvgIpc) is 3.30. The number of aromatic nitrogens is 4. The normalized spacial score (nSPS) is 19.2. The van der Waals surface area contributed by atoms with Gasteiger partial charge in [-0.25, -0.2) is 4.79 Å². The minimum atomic E-state index is -0.238. The maximum absolute atomic E-state index is 12.2. The lowest BCUT2D eigenvalue weighted by atomic mass is 10.1. The molecule has 2 aliphatic heterocycles. The summed E-state index contributed by atoms with van der Waals surface area (Å²) in [6, 6.07) is 2.05. The second-order valence-electron chi connectivity index (χ2n) is 7.33. The van der Waals surface area contributed by atoms with Gasteiger partial charge in [0.2, 0.25) is 0 Å². The number of aryl methyl sites for hydroxylation is 1. The first kappa shape index (κ1) is 17.2. The van der Waals surface area contributed by atoms with Crippen molar-refractivity contribution < 1.29 is 14.3 Å². The number of piperazine rings is 1. The largest absolute Gasteiger partial charge is 0.441 e. The minimum absolute atomic E-state index is 0.0846. The molecule has 0 radical (unpaired) electrons. The highest BCUT2D eigenvalue weighted by atomic mass is 16.6. The molecule has 2 fully saturated rings. The van der Waals surface area contributed by atoms with E-state index in [0.29, 0.717) is 26.3 Å². The van der Waals surface area contributed by atoms with Crippen LogP contribution in [0.3, 0.4) is 0 Å². The van der Waals surface area contributed by atoms with Gasteiger partial charge < -0.3 is 19.3 Å². The molecular formula is C19H22N6O3. The zero-order chi connectivity index (χ0) is 19.1. The summed E-state index contributed by atoms with van der Waals surface area (Å²) in [5.41, 5.74) is 5.38. The van der Waals surface area contributed by atoms with Crippen LogP contribution in [-0.2, 0) is 22.9 Å². The number of carbonyl (C=O) groups excluding carboxylic acids is 1. The van der Waals surface area contributed by atoms with Crippen LogP contribution in [0.4, 0.5) is 10.5 Å². The third-order valence-corrected chi connectivity index (χ3v) is 5.41. The first-order chi connectivity index (χ1) is 13.7. The second kappa shape index (κ2) is 6.90. The van der Waals surface area contributed by atoms with Gasteiger partial charge in [-0.1, -0.05) is 5.21 Å². The summed E-state index contributed by atoms with van der Waals surface area (Å²) < 4.78 is 12.2. The van der Waals surface area contributed by atoms with Crippen molar-refractivity contribution in [3.63, 3.8) is 0 Å². The van der Waals surface area contributed by atoms with Crippen LogP contribution in [0, 0.1) is 0 Å². The summed E-state index contributed by atoms with van der Waals surface area (Å²) in [7, 11) is 1.87. The van der Waals surface area contributed by atoms with Crippen molar-refractivity contribution in [3.8, 4) is 0 Å². The van der Waals surface area contributed by atoms with Crippen LogP contribution in [0.1, 0.15) is 17.0 Å². The summed E-state index contributed by atoms with van der Waals surface area (Å²) in [4.78, 5) is 20.9. The highest BCUT2D eigenvalue weighted by molar-refractivity contribution is 5.90. The van der Waals surface area contributed by atoms with Crippen LogP contribution in [0.2, 0.25) is 0 Å². The molecule has 1 amide bonds. The molecule has 3 aliphatic rings. The van der Waals surface area contributed by atoms with E-state index in [2.05, 4.69) is 32.3 Å². The molecule has 0 bridgehead atoms. The molecule has 0 saturated carbocycles. The lowest BCUT2D eigenvalue weighted by Crippen LogP contribution is -2.51. The predicted octanol–water partition coefficient (Wildman–Crippen LogP) is 0.964. The van der Waals surface area contributed by atoms with Gasteiger partial charge in [-0.15, -0.1) is 5.10 Å². The fourth-order valence-corrected chi connectivity index (χ4v) is 3.77. The molecule has 5 rings (SSSR count). The summed E-state index contributed by atoms with van der Waals surface area (Å²) in [6.07, 6.45) is 6.39. The van der Waals surface area contributed by atoms with E-state index in [1.54, 1.807) is 9.58 Å². The van der Waals surface area contributed by atoms with Crippen molar-refractivity contribution in [2.75, 3.05) is 44.3 Å². The van der Waals surface area contributed by atoms with E-state index in [4.69, 9.17) is 9.47 Å². The fourth-order valence-electron chi connectivity index (χ4n) is 3.77. The molecule has 0 unspecified atom stereocenters. The first-order valence-corrected chi connectivity index (χ1v) is 9.51. The number of pyridine rings is 1. The van der Waals surface area contributed by atoms with Crippen molar-refractivity contribution in [1.82, 2.24) is 24.9 Å². The van der Waals surface area contributed by atoms with Gasteiger partial charge in [-0.3, -0.25) is 9.67 Å². The molecule has 2 saturated heterocycles. The number of hydrogen-bond acceptors (Lipinski definition) is 7. The summed E-state index contributed by atoms with van der Waals surface area (Å²) in [6.45, 7) is 3.83. The average molecular weight is 382 g/mol. The molecular weight excluding hydrogens is 360 g/mol. The van der Waals surface area contributed by atoms with Crippen molar-refractivity contribution >= 4 is 23.4 Å². The Labute approximate surface area is 162 Å². The number of amides is 1. The quantitative estimate of drug-likeness (QED) is 0.782. The van der Waals surface area contributed by atoms with Gasteiger partial charge in [-0.2, -0.15) is 0 Å². The number of allylic oxidation sites excluding steroid dienone is 1. The zero-order valence-corrected chi connectivity index (χ0v) is 15.7. The number of carbonyl (C=O) groups is 1. The lowest BCUT2D eigenvalue weighted by molar-refractivity contribution is -0.104. The van der Waals surface area contributed by atoms with Gasteiger partial charge in [0, 0.05) is 57.1 Å². The van der Waals surface area contributed by atoms with Crippen LogP contribution >= 0.6 is 0 Å². The molecule has 28 heavy (non-hydrogen) atoms. The predicted molar refractivity (Wildman–Crippen MR) is 102 cm³/mol. The monoisotopic (exact) mass is 382 g/mol. The number of ether oxygens (including phenoxy) is 2. The molecule has 4 heterocycles. The first-order valence-electron chi connectivity index (χ1n) is 9.51. The van der Waals surface area contributed by atoms with E-state index in [9.17, 15) is 4.79 Å². The molecule has 146 valence electrons. The zero-order valence-electron chi connectivity index (χ0n) is 15.7. The number of anilines is 1. The van der Waals surface area contributed by atoms with Gasteiger partial charge >= 0.3 is 6.09 Å². The van der Waals surface area contributed by atoms with E-state index in [0.717, 1.165) is 47.7 Å². The maximum Gasteiger partial charge on any atom is 0.410 e. The van der Waals surface area contributed by atoms with Crippen molar-refractivity contribution in [2.45, 2.75) is 12.5 Å². The Hall–Kier alpha value is -2.94. The van der Waals surface area contributed by atoms with Crippen LogP contribution in [0.25, 0.3) is 11.6 Å². The van der Waals surface area contributed by atoms with Crippen LogP contribution in [0.15, 0.2) is 18.5 Å². The Kier molecular flexibility index (Phi) is 4.23. The SMILES string of the molecule is Cn1cc(C2=Cc3c(N4CCN(C(=O)OC5COC5)CC4)ccnc3C2)nn1. The van der Waals surface area contributed by atoms with Crippen LogP contribution in [-0.4, -0.2) is 76.5 Å². The molecule has 0 spiro atoms. The van der Waals surface area contributed by atoms with Crippen molar-refractivity contribution in [1.29, 1.82) is 0 Å². The molecule has 1 aliphatic carbocycles. The molecule has 0 aromatic carbocycles. The van der Waals surface area contributed by atoms with Gasteiger partial charge in [0.25, 0.3) is 0 Å². The molecule has 9 heteroatoms. The van der Waals surface area contributed by atoms with E-state index in [-0.39, 0.29) is 12.2 Å².